The van der Waals surface area contributed by atoms with Gasteiger partial charge in [-0.1, -0.05) is 48.5 Å². The molecule has 0 aliphatic rings. The highest BCUT2D eigenvalue weighted by atomic mass is 16.2. The molecule has 0 radical (unpaired) electrons. The first-order valence-corrected chi connectivity index (χ1v) is 11.8. The number of hydrogen-bond acceptors (Lipinski definition) is 5. The zero-order valence-corrected chi connectivity index (χ0v) is 20.3. The number of rotatable bonds is 5. The van der Waals surface area contributed by atoms with Crippen LogP contribution in [0.1, 0.15) is 21.6 Å². The van der Waals surface area contributed by atoms with E-state index in [1.807, 2.05) is 80.7 Å². The molecule has 0 spiro atoms. The fraction of sp³-hybridized carbons (Fsp3) is 0.107. The average Bonchev–Trinajstić information content (AvgIpc) is 3.39. The van der Waals surface area contributed by atoms with E-state index in [9.17, 15) is 9.59 Å². The van der Waals surface area contributed by atoms with Crippen LogP contribution in [0.15, 0.2) is 89.9 Å². The van der Waals surface area contributed by atoms with Crippen molar-refractivity contribution in [3.63, 3.8) is 0 Å². The molecule has 4 heterocycles. The third-order valence-corrected chi connectivity index (χ3v) is 6.29. The summed E-state index contributed by atoms with van der Waals surface area (Å²) in [7, 11) is 1.82. The minimum Gasteiger partial charge on any atom is -0.322 e. The smallest absolute Gasteiger partial charge is 0.322 e. The van der Waals surface area contributed by atoms with Crippen molar-refractivity contribution in [3.8, 4) is 11.3 Å². The number of pyridine rings is 2. The van der Waals surface area contributed by atoms with Crippen LogP contribution in [0.3, 0.4) is 0 Å². The number of carbonyl (C=O) groups is 1. The third-order valence-electron chi connectivity index (χ3n) is 6.29. The number of aryl methyl sites for hydroxylation is 2. The maximum Gasteiger partial charge on any atom is 0.350 e. The second kappa shape index (κ2) is 8.87. The molecule has 9 heteroatoms. The predicted molar refractivity (Wildman–Crippen MR) is 142 cm³/mol. The average molecular weight is 490 g/mol. The Balaban J connectivity index is 1.34. The lowest BCUT2D eigenvalue weighted by molar-refractivity contribution is 0.102. The number of benzene rings is 2. The highest BCUT2D eigenvalue weighted by molar-refractivity contribution is 6.13. The monoisotopic (exact) mass is 489 g/mol. The van der Waals surface area contributed by atoms with Crippen molar-refractivity contribution in [2.24, 2.45) is 7.05 Å². The Morgan fingerprint density at radius 2 is 1.76 bits per heavy atom. The Bertz CT molecular complexity index is 1850. The van der Waals surface area contributed by atoms with E-state index in [2.05, 4.69) is 15.5 Å². The summed E-state index contributed by atoms with van der Waals surface area (Å²) in [5.41, 5.74) is 5.30. The largest absolute Gasteiger partial charge is 0.350 e. The summed E-state index contributed by atoms with van der Waals surface area (Å²) in [6, 6.07) is 24.4. The molecule has 4 aromatic heterocycles. The topological polar surface area (TPSA) is 99.1 Å². The second-order valence-corrected chi connectivity index (χ2v) is 8.85. The molecule has 1 amide bonds. The predicted octanol–water partition coefficient (Wildman–Crippen LogP) is 4.05. The van der Waals surface area contributed by atoms with Crippen molar-refractivity contribution in [2.75, 3.05) is 5.32 Å². The second-order valence-electron chi connectivity index (χ2n) is 8.85. The van der Waals surface area contributed by atoms with Gasteiger partial charge in [0.2, 0.25) is 0 Å². The van der Waals surface area contributed by atoms with Gasteiger partial charge in [0.25, 0.3) is 5.91 Å². The molecule has 182 valence electrons. The van der Waals surface area contributed by atoms with Gasteiger partial charge in [-0.15, -0.1) is 5.10 Å². The van der Waals surface area contributed by atoms with Gasteiger partial charge in [-0.25, -0.2) is 14.5 Å². The molecule has 0 aliphatic carbocycles. The summed E-state index contributed by atoms with van der Waals surface area (Å²) in [6.45, 7) is 2.15. The fourth-order valence-corrected chi connectivity index (χ4v) is 4.57. The number of nitrogens with one attached hydrogen (secondary N) is 1. The first-order chi connectivity index (χ1) is 18.0. The van der Waals surface area contributed by atoms with Crippen molar-refractivity contribution in [3.05, 3.63) is 112 Å². The molecule has 0 saturated carbocycles. The first-order valence-electron chi connectivity index (χ1n) is 11.8. The van der Waals surface area contributed by atoms with E-state index in [4.69, 9.17) is 4.98 Å². The van der Waals surface area contributed by atoms with Gasteiger partial charge in [-0.05, 0) is 42.8 Å². The fourth-order valence-electron chi connectivity index (χ4n) is 4.57. The van der Waals surface area contributed by atoms with Gasteiger partial charge in [0.1, 0.15) is 0 Å². The van der Waals surface area contributed by atoms with E-state index in [-0.39, 0.29) is 18.1 Å². The van der Waals surface area contributed by atoms with Crippen LogP contribution >= 0.6 is 0 Å². The Kier molecular flexibility index (Phi) is 5.37. The molecule has 2 aromatic carbocycles. The molecule has 0 unspecified atom stereocenters. The van der Waals surface area contributed by atoms with Gasteiger partial charge in [-0.3, -0.25) is 13.9 Å². The van der Waals surface area contributed by atoms with Crippen molar-refractivity contribution in [2.45, 2.75) is 13.5 Å². The van der Waals surface area contributed by atoms with Gasteiger partial charge in [0, 0.05) is 24.5 Å². The molecule has 0 saturated heterocycles. The number of carbonyl (C=O) groups excluding carboxylic acids is 1. The van der Waals surface area contributed by atoms with E-state index in [1.54, 1.807) is 23.0 Å². The van der Waals surface area contributed by atoms with Gasteiger partial charge in [0.05, 0.1) is 28.9 Å². The van der Waals surface area contributed by atoms with E-state index >= 15 is 0 Å². The number of aromatic nitrogens is 6. The molecular weight excluding hydrogens is 466 g/mol. The van der Waals surface area contributed by atoms with Crippen molar-refractivity contribution >= 4 is 28.3 Å². The maximum absolute atomic E-state index is 13.6. The Morgan fingerprint density at radius 1 is 0.946 bits per heavy atom. The minimum absolute atomic E-state index is 0.218. The molecular formula is C28H23N7O2. The lowest BCUT2D eigenvalue weighted by Crippen LogP contribution is -2.21. The highest BCUT2D eigenvalue weighted by Gasteiger charge is 2.19. The molecule has 0 atom stereocenters. The Hall–Kier alpha value is -5.05. The maximum atomic E-state index is 13.6. The number of nitrogens with zero attached hydrogens (tertiary/aromatic N) is 6. The van der Waals surface area contributed by atoms with E-state index in [0.29, 0.717) is 33.6 Å². The number of amides is 1. The molecule has 9 nitrogen and oxygen atoms in total. The van der Waals surface area contributed by atoms with Gasteiger partial charge in [-0.2, -0.15) is 5.10 Å². The SMILES string of the molecule is Cc1nn(C)c2nc(-c3ccccc3)cc(C(=O)Nc3cccc(Cn4nc5ccccn5c4=O)c3)c12. The Labute approximate surface area is 211 Å². The molecule has 0 fully saturated rings. The van der Waals surface area contributed by atoms with Crippen molar-refractivity contribution < 1.29 is 4.79 Å². The van der Waals surface area contributed by atoms with Crippen LogP contribution in [0, 0.1) is 6.92 Å². The Morgan fingerprint density at radius 3 is 2.57 bits per heavy atom. The van der Waals surface area contributed by atoms with Crippen LogP contribution in [0.4, 0.5) is 5.69 Å². The summed E-state index contributed by atoms with van der Waals surface area (Å²) >= 11 is 0. The zero-order chi connectivity index (χ0) is 25.5. The molecule has 37 heavy (non-hydrogen) atoms. The zero-order valence-electron chi connectivity index (χ0n) is 20.3. The standard InChI is InChI=1S/C28H23N7O2/c1-18-25-22(16-23(20-10-4-3-5-11-20)30-26(25)33(2)31-18)27(36)29-21-12-8-9-19(15-21)17-35-28(37)34-14-7-6-13-24(34)32-35/h3-16H,17H2,1-2H3,(H,29,36). The van der Waals surface area contributed by atoms with Gasteiger partial charge in [0.15, 0.2) is 11.3 Å². The van der Waals surface area contributed by atoms with Crippen LogP contribution < -0.4 is 11.0 Å². The summed E-state index contributed by atoms with van der Waals surface area (Å²) in [4.78, 5) is 31.0. The molecule has 6 rings (SSSR count). The summed E-state index contributed by atoms with van der Waals surface area (Å²) < 4.78 is 4.61. The molecule has 6 aromatic rings. The number of fused-ring (bicyclic) bond motifs is 2. The summed E-state index contributed by atoms with van der Waals surface area (Å²) in [6.07, 6.45) is 1.69. The summed E-state index contributed by atoms with van der Waals surface area (Å²) in [5.74, 6) is -0.261. The van der Waals surface area contributed by atoms with Crippen LogP contribution in [0.2, 0.25) is 0 Å². The molecule has 1 N–H and O–H groups in total. The lowest BCUT2D eigenvalue weighted by atomic mass is 10.0. The van der Waals surface area contributed by atoms with E-state index in [0.717, 1.165) is 16.8 Å². The third kappa shape index (κ3) is 4.06. The van der Waals surface area contributed by atoms with Crippen LogP contribution in [-0.2, 0) is 13.6 Å². The number of anilines is 1. The summed E-state index contributed by atoms with van der Waals surface area (Å²) in [5, 5.41) is 12.6. The highest BCUT2D eigenvalue weighted by Crippen LogP contribution is 2.27. The van der Waals surface area contributed by atoms with Gasteiger partial charge >= 0.3 is 5.69 Å². The van der Waals surface area contributed by atoms with E-state index in [1.165, 1.54) is 9.08 Å². The lowest BCUT2D eigenvalue weighted by Gasteiger charge is -2.10. The van der Waals surface area contributed by atoms with Crippen molar-refractivity contribution in [1.29, 1.82) is 0 Å². The van der Waals surface area contributed by atoms with E-state index < -0.39 is 0 Å². The normalized spacial score (nSPS) is 11.3. The molecule has 0 aliphatic heterocycles. The van der Waals surface area contributed by atoms with Crippen LogP contribution in [0.5, 0.6) is 0 Å². The van der Waals surface area contributed by atoms with Crippen LogP contribution in [-0.4, -0.2) is 34.9 Å². The molecule has 0 bridgehead atoms. The first kappa shape index (κ1) is 22.4. The van der Waals surface area contributed by atoms with Gasteiger partial charge < -0.3 is 5.32 Å². The number of hydrogen-bond donors (Lipinski definition) is 1. The minimum atomic E-state index is -0.261. The quantitative estimate of drug-likeness (QED) is 0.394. The van der Waals surface area contributed by atoms with Crippen LogP contribution in [0.25, 0.3) is 27.9 Å². The van der Waals surface area contributed by atoms with Crippen molar-refractivity contribution in [1.82, 2.24) is 28.9 Å².